The second-order valence-electron chi connectivity index (χ2n) is 8.08. The van der Waals surface area contributed by atoms with Crippen molar-refractivity contribution in [2.45, 2.75) is 50.2 Å². The van der Waals surface area contributed by atoms with Crippen molar-refractivity contribution in [1.29, 1.82) is 0 Å². The molecule has 0 aliphatic carbocycles. The maximum absolute atomic E-state index is 13.4. The number of halogens is 2. The van der Waals surface area contributed by atoms with Gasteiger partial charge in [-0.1, -0.05) is 29.8 Å². The van der Waals surface area contributed by atoms with Gasteiger partial charge in [-0.15, -0.1) is 13.2 Å². The topological polar surface area (TPSA) is 52.7 Å². The molecule has 30 heavy (non-hydrogen) atoms. The highest BCUT2D eigenvalue weighted by atomic mass is 35.5. The molecule has 2 amide bonds. The number of hydrogen-bond donors (Lipinski definition) is 1. The minimum atomic E-state index is -0.585. The van der Waals surface area contributed by atoms with Crippen molar-refractivity contribution in [3.63, 3.8) is 0 Å². The molecule has 0 aromatic heterocycles. The van der Waals surface area contributed by atoms with Crippen LogP contribution in [0, 0.1) is 5.82 Å². The van der Waals surface area contributed by atoms with Crippen LogP contribution in [0.2, 0.25) is 5.02 Å². The van der Waals surface area contributed by atoms with Crippen molar-refractivity contribution in [2.75, 3.05) is 19.6 Å². The molecule has 0 saturated carbocycles. The molecule has 3 rings (SSSR count). The second kappa shape index (κ2) is 9.75. The van der Waals surface area contributed by atoms with Crippen molar-refractivity contribution in [3.05, 3.63) is 59.9 Å². The monoisotopic (exact) mass is 433 g/mol. The normalized spacial score (nSPS) is 21.3. The summed E-state index contributed by atoms with van der Waals surface area (Å²) < 4.78 is 13.4. The Labute approximate surface area is 182 Å². The fourth-order valence-corrected chi connectivity index (χ4v) is 4.92. The third kappa shape index (κ3) is 4.76. The first kappa shape index (κ1) is 22.5. The van der Waals surface area contributed by atoms with Gasteiger partial charge < -0.3 is 10.2 Å². The number of carbonyl (C=O) groups excluding carboxylic acids is 2. The summed E-state index contributed by atoms with van der Waals surface area (Å²) in [6.07, 6.45) is 7.05. The summed E-state index contributed by atoms with van der Waals surface area (Å²) in [4.78, 5) is 29.8. The van der Waals surface area contributed by atoms with Crippen molar-refractivity contribution < 1.29 is 14.0 Å². The van der Waals surface area contributed by atoms with E-state index >= 15 is 0 Å². The quantitative estimate of drug-likeness (QED) is 0.636. The highest BCUT2D eigenvalue weighted by Gasteiger charge is 2.43. The molecule has 5 nitrogen and oxygen atoms in total. The first-order valence-electron chi connectivity index (χ1n) is 10.4. The minimum Gasteiger partial charge on any atom is -0.353 e. The number of amides is 2. The minimum absolute atomic E-state index is 0.0338. The zero-order valence-corrected chi connectivity index (χ0v) is 18.0. The summed E-state index contributed by atoms with van der Waals surface area (Å²) in [5, 5.41) is 3.18. The van der Waals surface area contributed by atoms with Gasteiger partial charge in [-0.05, 0) is 43.4 Å². The molecule has 1 aromatic rings. The van der Waals surface area contributed by atoms with E-state index in [1.807, 2.05) is 22.0 Å². The van der Waals surface area contributed by atoms with Gasteiger partial charge in [0.2, 0.25) is 11.8 Å². The lowest BCUT2D eigenvalue weighted by atomic mass is 9.87. The number of nitrogens with one attached hydrogen (secondary N) is 1. The van der Waals surface area contributed by atoms with Gasteiger partial charge in [0, 0.05) is 36.7 Å². The molecule has 1 unspecified atom stereocenters. The molecule has 1 atom stereocenters. The van der Waals surface area contributed by atoms with E-state index in [4.69, 9.17) is 11.6 Å². The highest BCUT2D eigenvalue weighted by Crippen LogP contribution is 2.37. The van der Waals surface area contributed by atoms with E-state index in [1.165, 1.54) is 12.1 Å². The van der Waals surface area contributed by atoms with E-state index in [2.05, 4.69) is 18.5 Å². The van der Waals surface area contributed by atoms with Gasteiger partial charge >= 0.3 is 0 Å². The van der Waals surface area contributed by atoms with E-state index in [-0.39, 0.29) is 23.8 Å². The van der Waals surface area contributed by atoms with Crippen molar-refractivity contribution in [1.82, 2.24) is 15.1 Å². The van der Waals surface area contributed by atoms with Crippen LogP contribution in [0.5, 0.6) is 0 Å². The Hall–Kier alpha value is -2.18. The Morgan fingerprint density at radius 3 is 2.70 bits per heavy atom. The van der Waals surface area contributed by atoms with Crippen LogP contribution >= 0.6 is 11.6 Å². The van der Waals surface area contributed by atoms with Crippen LogP contribution in [0.25, 0.3) is 0 Å². The van der Waals surface area contributed by atoms with Gasteiger partial charge in [-0.3, -0.25) is 14.5 Å². The van der Waals surface area contributed by atoms with Gasteiger partial charge in [0.25, 0.3) is 0 Å². The second-order valence-corrected chi connectivity index (χ2v) is 8.48. The first-order chi connectivity index (χ1) is 14.4. The SMILES string of the molecule is C=CCC1(CC=C)CCCN1C(=O)CC1C(=O)NCCN1Cc1ccc(F)cc1Cl. The Morgan fingerprint density at radius 2 is 2.03 bits per heavy atom. The molecular weight excluding hydrogens is 405 g/mol. The number of rotatable bonds is 8. The highest BCUT2D eigenvalue weighted by molar-refractivity contribution is 6.31. The molecule has 2 fully saturated rings. The third-order valence-electron chi connectivity index (χ3n) is 6.14. The summed E-state index contributed by atoms with van der Waals surface area (Å²) in [6, 6.07) is 3.67. The van der Waals surface area contributed by atoms with Crippen molar-refractivity contribution in [2.24, 2.45) is 0 Å². The molecule has 1 N–H and O–H groups in total. The zero-order chi connectivity index (χ0) is 21.7. The maximum atomic E-state index is 13.4. The van der Waals surface area contributed by atoms with Crippen LogP contribution in [0.15, 0.2) is 43.5 Å². The molecule has 0 spiro atoms. The molecule has 2 aliphatic rings. The van der Waals surface area contributed by atoms with Gasteiger partial charge in [-0.25, -0.2) is 4.39 Å². The maximum Gasteiger partial charge on any atom is 0.237 e. The van der Waals surface area contributed by atoms with Gasteiger partial charge in [0.1, 0.15) is 5.82 Å². The van der Waals surface area contributed by atoms with Gasteiger partial charge in [0.05, 0.1) is 12.5 Å². The zero-order valence-electron chi connectivity index (χ0n) is 17.2. The van der Waals surface area contributed by atoms with Gasteiger partial charge in [-0.2, -0.15) is 0 Å². The molecule has 2 aliphatic heterocycles. The number of likely N-dealkylation sites (tertiary alicyclic amines) is 1. The molecule has 7 heteroatoms. The Morgan fingerprint density at radius 1 is 1.30 bits per heavy atom. The van der Waals surface area contributed by atoms with Crippen LogP contribution in [0.1, 0.15) is 37.7 Å². The predicted molar refractivity (Wildman–Crippen MR) is 117 cm³/mol. The molecule has 0 radical (unpaired) electrons. The lowest BCUT2D eigenvalue weighted by Gasteiger charge is -2.40. The fraction of sp³-hybridized carbons (Fsp3) is 0.478. The Balaban J connectivity index is 1.77. The molecule has 162 valence electrons. The first-order valence-corrected chi connectivity index (χ1v) is 10.8. The Bertz CT molecular complexity index is 819. The summed E-state index contributed by atoms with van der Waals surface area (Å²) in [5.74, 6) is -0.597. The summed E-state index contributed by atoms with van der Waals surface area (Å²) in [7, 11) is 0. The fourth-order valence-electron chi connectivity index (χ4n) is 4.69. The predicted octanol–water partition coefficient (Wildman–Crippen LogP) is 3.68. The van der Waals surface area contributed by atoms with E-state index in [0.29, 0.717) is 44.0 Å². The average molecular weight is 434 g/mol. The van der Waals surface area contributed by atoms with Gasteiger partial charge in [0.15, 0.2) is 0 Å². The number of benzene rings is 1. The number of carbonyl (C=O) groups is 2. The van der Waals surface area contributed by atoms with Crippen LogP contribution in [-0.2, 0) is 16.1 Å². The van der Waals surface area contributed by atoms with Crippen molar-refractivity contribution in [3.8, 4) is 0 Å². The van der Waals surface area contributed by atoms with E-state index < -0.39 is 11.9 Å². The summed E-state index contributed by atoms with van der Waals surface area (Å²) in [6.45, 7) is 9.89. The lowest BCUT2D eigenvalue weighted by Crippen LogP contribution is -2.57. The van der Waals surface area contributed by atoms with Crippen LogP contribution < -0.4 is 5.32 Å². The average Bonchev–Trinajstić information content (AvgIpc) is 3.10. The van der Waals surface area contributed by atoms with E-state index in [0.717, 1.165) is 18.4 Å². The van der Waals surface area contributed by atoms with E-state index in [9.17, 15) is 14.0 Å². The molecular formula is C23H29ClFN3O2. The number of nitrogens with zero attached hydrogens (tertiary/aromatic N) is 2. The summed E-state index contributed by atoms with van der Waals surface area (Å²) >= 11 is 6.19. The third-order valence-corrected chi connectivity index (χ3v) is 6.50. The van der Waals surface area contributed by atoms with E-state index in [1.54, 1.807) is 6.07 Å². The number of hydrogen-bond acceptors (Lipinski definition) is 3. The smallest absolute Gasteiger partial charge is 0.237 e. The van der Waals surface area contributed by atoms with Crippen LogP contribution in [-0.4, -0.2) is 52.8 Å². The molecule has 0 bridgehead atoms. The molecule has 2 saturated heterocycles. The summed E-state index contributed by atoms with van der Waals surface area (Å²) in [5.41, 5.74) is 0.440. The number of piperazine rings is 1. The van der Waals surface area contributed by atoms with Crippen LogP contribution in [0.4, 0.5) is 4.39 Å². The standard InChI is InChI=1S/C23H29ClFN3O2/c1-3-8-23(9-4-2)10-5-12-28(23)21(29)15-20-22(30)26-11-13-27(20)16-17-6-7-18(25)14-19(17)24/h3-4,6-7,14,20H,1-2,5,8-13,15-16H2,(H,26,30). The van der Waals surface area contributed by atoms with Crippen molar-refractivity contribution >= 4 is 23.4 Å². The lowest BCUT2D eigenvalue weighted by molar-refractivity contribution is -0.141. The largest absolute Gasteiger partial charge is 0.353 e. The molecule has 2 heterocycles. The van der Waals surface area contributed by atoms with Crippen LogP contribution in [0.3, 0.4) is 0 Å². The Kier molecular flexibility index (Phi) is 7.32. The molecule has 1 aromatic carbocycles.